The number of hydrazine groups is 1. The molecule has 0 saturated carbocycles. The zero-order chi connectivity index (χ0) is 13.5. The predicted molar refractivity (Wildman–Crippen MR) is 60.3 cm³/mol. The van der Waals surface area contributed by atoms with E-state index < -0.39 is 10.1 Å². The first kappa shape index (κ1) is 15.2. The Morgan fingerprint density at radius 3 is 2.06 bits per heavy atom. The highest BCUT2D eigenvalue weighted by atomic mass is 32.2. The van der Waals surface area contributed by atoms with Gasteiger partial charge < -0.3 is 0 Å². The first-order valence-electron chi connectivity index (χ1n) is 4.34. The van der Waals surface area contributed by atoms with Crippen LogP contribution in [-0.4, -0.2) is 24.1 Å². The van der Waals surface area contributed by atoms with E-state index in [4.69, 9.17) is 15.5 Å². The standard InChI is InChI=1S/C7H8O3S.CH6N4O/c1-6-2-4-7(5-3-6)11(8,9)10;2-1(4-3)5-6/h2-5H,1H3,(H,8,9,10);6H,3H2,(H3,2,4,5)/p+1. The minimum atomic E-state index is -4.02. The number of hydrazone groups is 1. The number of nitrogens with one attached hydrogen (secondary N) is 2. The van der Waals surface area contributed by atoms with E-state index in [0.29, 0.717) is 0 Å². The zero-order valence-corrected chi connectivity index (χ0v) is 9.90. The van der Waals surface area contributed by atoms with Crippen molar-refractivity contribution in [3.05, 3.63) is 29.8 Å². The molecule has 0 heterocycles. The summed E-state index contributed by atoms with van der Waals surface area (Å²) in [6.45, 7) is 1.84. The summed E-state index contributed by atoms with van der Waals surface area (Å²) in [5.41, 5.74) is 7.32. The highest BCUT2D eigenvalue weighted by Crippen LogP contribution is 2.08. The third-order valence-corrected chi connectivity index (χ3v) is 2.46. The van der Waals surface area contributed by atoms with Gasteiger partial charge in [-0.3, -0.25) is 16.1 Å². The molecule has 0 atom stereocenters. The highest BCUT2D eigenvalue weighted by Gasteiger charge is 2.06. The fourth-order valence-corrected chi connectivity index (χ4v) is 1.22. The summed E-state index contributed by atoms with van der Waals surface area (Å²) in [5, 5.41) is 9.73. The zero-order valence-electron chi connectivity index (χ0n) is 9.08. The Kier molecular flexibility index (Phi) is 5.96. The molecule has 0 aliphatic heterocycles. The number of rotatable bonds is 1. The average molecular weight is 263 g/mol. The van der Waals surface area contributed by atoms with Crippen LogP contribution in [0.3, 0.4) is 0 Å². The molecule has 0 fully saturated rings. The van der Waals surface area contributed by atoms with E-state index in [1.165, 1.54) is 12.1 Å². The van der Waals surface area contributed by atoms with E-state index in [0.717, 1.165) is 5.56 Å². The van der Waals surface area contributed by atoms with Gasteiger partial charge >= 0.3 is 5.96 Å². The largest absolute Gasteiger partial charge is 0.390 e. The topological polar surface area (TPSA) is 153 Å². The van der Waals surface area contributed by atoms with Crippen LogP contribution in [0.4, 0.5) is 0 Å². The van der Waals surface area contributed by atoms with E-state index >= 15 is 0 Å². The molecular formula is C8H15N4O4S+. The summed E-state index contributed by atoms with van der Waals surface area (Å²) in [6, 6.07) is 5.99. The number of benzene rings is 1. The lowest BCUT2D eigenvalue weighted by atomic mass is 10.2. The maximum atomic E-state index is 10.5. The summed E-state index contributed by atoms with van der Waals surface area (Å²) in [6.07, 6.45) is 0. The van der Waals surface area contributed by atoms with Crippen LogP contribution in [0.15, 0.2) is 29.2 Å². The maximum Gasteiger partial charge on any atom is 0.390 e. The quantitative estimate of drug-likeness (QED) is 0.107. The first-order valence-corrected chi connectivity index (χ1v) is 5.78. The normalized spacial score (nSPS) is 11.4. The van der Waals surface area contributed by atoms with E-state index in [1.54, 1.807) is 17.6 Å². The van der Waals surface area contributed by atoms with Crippen LogP contribution in [-0.2, 0) is 10.1 Å². The second-order valence-electron chi connectivity index (χ2n) is 2.96. The third-order valence-electron chi connectivity index (χ3n) is 1.59. The Morgan fingerprint density at radius 1 is 1.35 bits per heavy atom. The van der Waals surface area contributed by atoms with Crippen molar-refractivity contribution in [1.82, 2.24) is 5.48 Å². The maximum absolute atomic E-state index is 10.5. The molecule has 0 bridgehead atoms. The third kappa shape index (κ3) is 6.35. The monoisotopic (exact) mass is 263 g/mol. The van der Waals surface area contributed by atoms with Crippen LogP contribution >= 0.6 is 0 Å². The van der Waals surface area contributed by atoms with Crippen LogP contribution < -0.4 is 22.2 Å². The molecule has 0 aliphatic rings. The fraction of sp³-hybridized carbons (Fsp3) is 0.125. The van der Waals surface area contributed by atoms with Gasteiger partial charge in [-0.05, 0) is 19.1 Å². The van der Waals surface area contributed by atoms with Crippen molar-refractivity contribution in [3.63, 3.8) is 0 Å². The molecule has 1 aromatic rings. The van der Waals surface area contributed by atoms with E-state index in [-0.39, 0.29) is 10.9 Å². The summed E-state index contributed by atoms with van der Waals surface area (Å²) >= 11 is 0. The van der Waals surface area contributed by atoms with Crippen LogP contribution in [0, 0.1) is 6.92 Å². The molecule has 0 aliphatic carbocycles. The van der Waals surface area contributed by atoms with E-state index in [9.17, 15) is 8.42 Å². The van der Waals surface area contributed by atoms with Gasteiger partial charge in [-0.2, -0.15) is 13.5 Å². The highest BCUT2D eigenvalue weighted by molar-refractivity contribution is 7.85. The molecule has 8 N–H and O–H groups in total. The minimum absolute atomic E-state index is 0.0666. The number of hydroxylamine groups is 1. The van der Waals surface area contributed by atoms with Crippen molar-refractivity contribution in [2.75, 3.05) is 0 Å². The predicted octanol–water partition coefficient (Wildman–Crippen LogP) is -2.52. The number of guanidine groups is 1. The Labute approximate surface area is 98.6 Å². The number of nitrogens with two attached hydrogens (primary N) is 2. The molecule has 0 amide bonds. The van der Waals surface area contributed by atoms with Gasteiger partial charge in [0.15, 0.2) is 0 Å². The molecule has 96 valence electrons. The summed E-state index contributed by atoms with van der Waals surface area (Å²) in [7, 11) is -4.02. The Bertz CT molecular complexity index is 469. The van der Waals surface area contributed by atoms with E-state index in [1.807, 2.05) is 12.0 Å². The molecule has 0 unspecified atom stereocenters. The van der Waals surface area contributed by atoms with Gasteiger partial charge in [-0.15, -0.1) is 5.48 Å². The molecular weight excluding hydrogens is 248 g/mol. The van der Waals surface area contributed by atoms with Crippen LogP contribution in [0.25, 0.3) is 0 Å². The Morgan fingerprint density at radius 2 is 1.82 bits per heavy atom. The molecule has 0 saturated heterocycles. The lowest BCUT2D eigenvalue weighted by Gasteiger charge is -1.95. The number of hydrogen-bond acceptors (Lipinski definition) is 4. The molecule has 9 heteroatoms. The molecule has 1 aromatic carbocycles. The average Bonchev–Trinajstić information content (AvgIpc) is 2.28. The Balaban J connectivity index is 0.000000366. The van der Waals surface area contributed by atoms with Crippen LogP contribution in [0.1, 0.15) is 5.56 Å². The van der Waals surface area contributed by atoms with Gasteiger partial charge in [-0.1, -0.05) is 17.7 Å². The van der Waals surface area contributed by atoms with Crippen LogP contribution in [0.2, 0.25) is 0 Å². The van der Waals surface area contributed by atoms with Gasteiger partial charge in [0.1, 0.15) is 0 Å². The summed E-state index contributed by atoms with van der Waals surface area (Å²) in [4.78, 5) is -0.0666. The van der Waals surface area contributed by atoms with Crippen molar-refractivity contribution < 1.29 is 23.3 Å². The van der Waals surface area contributed by atoms with Crippen molar-refractivity contribution in [2.45, 2.75) is 11.8 Å². The molecule has 8 nitrogen and oxygen atoms in total. The summed E-state index contributed by atoms with van der Waals surface area (Å²) in [5.74, 6) is 4.57. The number of hydrogen-bond donors (Lipinski definition) is 6. The molecule has 17 heavy (non-hydrogen) atoms. The minimum Gasteiger partial charge on any atom is -0.296 e. The molecule has 1 rings (SSSR count). The van der Waals surface area contributed by atoms with Gasteiger partial charge in [0.05, 0.1) is 4.90 Å². The van der Waals surface area contributed by atoms with Gasteiger partial charge in [0, 0.05) is 0 Å². The van der Waals surface area contributed by atoms with Crippen molar-refractivity contribution in [3.8, 4) is 0 Å². The van der Waals surface area contributed by atoms with Gasteiger partial charge in [0.2, 0.25) is 0 Å². The van der Waals surface area contributed by atoms with Crippen molar-refractivity contribution in [1.29, 1.82) is 0 Å². The molecule has 0 radical (unpaired) electrons. The SMILES string of the molecule is Cc1ccc(S(=O)(=O)O)cc1.N/[NH+]=C(/N)NO. The second-order valence-corrected chi connectivity index (χ2v) is 4.38. The fourth-order valence-electron chi connectivity index (χ4n) is 0.743. The van der Waals surface area contributed by atoms with Gasteiger partial charge in [-0.25, -0.2) is 5.21 Å². The number of aryl methyl sites for hydroxylation is 1. The Hall–Kier alpha value is -1.84. The van der Waals surface area contributed by atoms with E-state index in [2.05, 4.69) is 5.84 Å². The molecule has 0 spiro atoms. The van der Waals surface area contributed by atoms with Crippen molar-refractivity contribution >= 4 is 16.1 Å². The smallest absolute Gasteiger partial charge is 0.296 e. The lowest BCUT2D eigenvalue weighted by Crippen LogP contribution is -2.84. The lowest BCUT2D eigenvalue weighted by molar-refractivity contribution is -0.474. The van der Waals surface area contributed by atoms with Crippen LogP contribution in [0.5, 0.6) is 0 Å². The van der Waals surface area contributed by atoms with Gasteiger partial charge in [0.25, 0.3) is 10.1 Å². The first-order chi connectivity index (χ1) is 7.81. The van der Waals surface area contributed by atoms with Crippen molar-refractivity contribution in [2.24, 2.45) is 11.6 Å². The molecule has 0 aromatic heterocycles. The second kappa shape index (κ2) is 6.68. The summed E-state index contributed by atoms with van der Waals surface area (Å²) < 4.78 is 29.6.